The maximum Gasteiger partial charge on any atom is 0.234 e. The molecule has 1 aliphatic rings. The molecule has 9 heteroatoms. The predicted octanol–water partition coefficient (Wildman–Crippen LogP) is 5.24. The van der Waals surface area contributed by atoms with Crippen LogP contribution < -0.4 is 5.32 Å². The van der Waals surface area contributed by atoms with E-state index in [1.54, 1.807) is 30.5 Å². The van der Waals surface area contributed by atoms with Gasteiger partial charge in [0.25, 0.3) is 0 Å². The van der Waals surface area contributed by atoms with E-state index in [0.717, 1.165) is 29.8 Å². The lowest BCUT2D eigenvalue weighted by Gasteiger charge is -2.27. The second kappa shape index (κ2) is 9.33. The SMILES string of the molecule is CN1CCc2nc(SCC(=O)Nc3ccc(Cl)c(Cl)c3)c(C#N)c(-c3ccco3)c2C1. The molecule has 1 aliphatic heterocycles. The van der Waals surface area contributed by atoms with Crippen LogP contribution in [0.5, 0.6) is 0 Å². The van der Waals surface area contributed by atoms with Gasteiger partial charge in [-0.25, -0.2) is 4.98 Å². The zero-order valence-corrected chi connectivity index (χ0v) is 18.9. The van der Waals surface area contributed by atoms with Crippen LogP contribution in [0.4, 0.5) is 5.69 Å². The van der Waals surface area contributed by atoms with Crippen molar-refractivity contribution in [3.05, 3.63) is 63.5 Å². The number of nitrogens with one attached hydrogen (secondary N) is 1. The molecular weight excluding hydrogens is 455 g/mol. The number of likely N-dealkylation sites (N-methyl/N-ethyl adjacent to an activating group) is 1. The molecule has 4 rings (SSSR count). The molecule has 158 valence electrons. The number of hydrogen-bond acceptors (Lipinski definition) is 6. The number of aromatic nitrogens is 1. The van der Waals surface area contributed by atoms with Gasteiger partial charge in [-0.15, -0.1) is 0 Å². The van der Waals surface area contributed by atoms with E-state index in [9.17, 15) is 10.1 Å². The van der Waals surface area contributed by atoms with Gasteiger partial charge < -0.3 is 14.6 Å². The number of thioether (sulfide) groups is 1. The number of pyridine rings is 1. The summed E-state index contributed by atoms with van der Waals surface area (Å²) in [5, 5.41) is 14.0. The Labute approximate surface area is 194 Å². The van der Waals surface area contributed by atoms with E-state index in [1.807, 2.05) is 13.1 Å². The molecule has 1 N–H and O–H groups in total. The van der Waals surface area contributed by atoms with Gasteiger partial charge in [-0.05, 0) is 37.4 Å². The van der Waals surface area contributed by atoms with Crippen molar-refractivity contribution in [1.29, 1.82) is 5.26 Å². The maximum atomic E-state index is 12.5. The molecule has 0 saturated heterocycles. The van der Waals surface area contributed by atoms with Gasteiger partial charge >= 0.3 is 0 Å². The Morgan fingerprint density at radius 3 is 2.90 bits per heavy atom. The molecule has 0 spiro atoms. The first-order chi connectivity index (χ1) is 15.0. The summed E-state index contributed by atoms with van der Waals surface area (Å²) in [6.07, 6.45) is 2.36. The molecule has 2 aromatic heterocycles. The van der Waals surface area contributed by atoms with Gasteiger partial charge in [-0.2, -0.15) is 5.26 Å². The summed E-state index contributed by atoms with van der Waals surface area (Å²) >= 11 is 13.2. The number of carbonyl (C=O) groups excluding carboxylic acids is 1. The van der Waals surface area contributed by atoms with E-state index in [-0.39, 0.29) is 11.7 Å². The number of rotatable bonds is 5. The van der Waals surface area contributed by atoms with E-state index in [1.165, 1.54) is 11.8 Å². The summed E-state index contributed by atoms with van der Waals surface area (Å²) in [7, 11) is 2.04. The number of nitrogens with zero attached hydrogens (tertiary/aromatic N) is 3. The zero-order valence-electron chi connectivity index (χ0n) is 16.6. The largest absolute Gasteiger partial charge is 0.464 e. The first kappa shape index (κ1) is 21.7. The summed E-state index contributed by atoms with van der Waals surface area (Å²) in [6.45, 7) is 1.57. The van der Waals surface area contributed by atoms with Gasteiger partial charge in [0, 0.05) is 42.0 Å². The van der Waals surface area contributed by atoms with E-state index < -0.39 is 0 Å². The van der Waals surface area contributed by atoms with Crippen molar-refractivity contribution < 1.29 is 9.21 Å². The molecule has 3 aromatic rings. The summed E-state index contributed by atoms with van der Waals surface area (Å²) < 4.78 is 5.63. The van der Waals surface area contributed by atoms with Gasteiger partial charge in [0.2, 0.25) is 5.91 Å². The Balaban J connectivity index is 1.61. The monoisotopic (exact) mass is 472 g/mol. The third-order valence-electron chi connectivity index (χ3n) is 4.93. The van der Waals surface area contributed by atoms with Crippen molar-refractivity contribution >= 4 is 46.6 Å². The Morgan fingerprint density at radius 1 is 1.35 bits per heavy atom. The van der Waals surface area contributed by atoms with Crippen molar-refractivity contribution in [2.24, 2.45) is 0 Å². The van der Waals surface area contributed by atoms with Crippen molar-refractivity contribution in [1.82, 2.24) is 9.88 Å². The highest BCUT2D eigenvalue weighted by atomic mass is 35.5. The van der Waals surface area contributed by atoms with Crippen LogP contribution in [0.2, 0.25) is 10.0 Å². The van der Waals surface area contributed by atoms with Gasteiger partial charge in [0.1, 0.15) is 16.9 Å². The summed E-state index contributed by atoms with van der Waals surface area (Å²) in [5.74, 6) is 0.497. The molecule has 0 saturated carbocycles. The summed E-state index contributed by atoms with van der Waals surface area (Å²) in [4.78, 5) is 19.4. The molecule has 3 heterocycles. The molecule has 0 fully saturated rings. The van der Waals surface area contributed by atoms with Crippen LogP contribution in [-0.2, 0) is 17.8 Å². The molecule has 0 radical (unpaired) electrons. The van der Waals surface area contributed by atoms with Crippen LogP contribution in [0.3, 0.4) is 0 Å². The van der Waals surface area contributed by atoms with Crippen LogP contribution in [-0.4, -0.2) is 35.1 Å². The molecule has 0 unspecified atom stereocenters. The normalized spacial score (nSPS) is 13.5. The fourth-order valence-electron chi connectivity index (χ4n) is 3.48. The number of benzene rings is 1. The van der Waals surface area contributed by atoms with E-state index >= 15 is 0 Å². The number of nitriles is 1. The Morgan fingerprint density at radius 2 is 2.19 bits per heavy atom. The number of anilines is 1. The minimum atomic E-state index is -0.230. The van der Waals surface area contributed by atoms with Crippen LogP contribution >= 0.6 is 35.0 Å². The lowest BCUT2D eigenvalue weighted by Crippen LogP contribution is -2.28. The van der Waals surface area contributed by atoms with E-state index in [4.69, 9.17) is 32.6 Å². The third kappa shape index (κ3) is 4.73. The number of furan rings is 1. The standard InChI is InChI=1S/C22H18Cl2N4O2S/c1-28-7-6-18-15(11-28)21(19-3-2-8-30-19)14(10-25)22(27-18)31-12-20(29)26-13-4-5-16(23)17(24)9-13/h2-5,8-9H,6-7,11-12H2,1H3,(H,26,29). The molecule has 6 nitrogen and oxygen atoms in total. The van der Waals surface area contributed by atoms with E-state index in [2.05, 4.69) is 16.3 Å². The average Bonchev–Trinajstić information content (AvgIpc) is 3.28. The number of fused-ring (bicyclic) bond motifs is 1. The second-order valence-corrected chi connectivity index (χ2v) is 8.91. The van der Waals surface area contributed by atoms with Crippen molar-refractivity contribution in [2.75, 3.05) is 24.7 Å². The Kier molecular flexibility index (Phi) is 6.54. The van der Waals surface area contributed by atoms with Crippen molar-refractivity contribution in [3.63, 3.8) is 0 Å². The van der Waals surface area contributed by atoms with Crippen LogP contribution in [0.25, 0.3) is 11.3 Å². The molecule has 1 aromatic carbocycles. The quantitative estimate of drug-likeness (QED) is 0.511. The summed E-state index contributed by atoms with van der Waals surface area (Å²) in [6, 6.07) is 10.8. The van der Waals surface area contributed by atoms with Crippen molar-refractivity contribution in [2.45, 2.75) is 18.0 Å². The Bertz CT molecular complexity index is 1180. The second-order valence-electron chi connectivity index (χ2n) is 7.13. The highest BCUT2D eigenvalue weighted by Gasteiger charge is 2.26. The van der Waals surface area contributed by atoms with Gasteiger partial charge in [0.05, 0.1) is 27.6 Å². The average molecular weight is 473 g/mol. The molecule has 0 bridgehead atoms. The number of amides is 1. The summed E-state index contributed by atoms with van der Waals surface area (Å²) in [5.41, 5.74) is 3.69. The first-order valence-corrected chi connectivity index (χ1v) is 11.3. The Hall–Kier alpha value is -2.50. The number of hydrogen-bond donors (Lipinski definition) is 1. The molecule has 0 atom stereocenters. The van der Waals surface area contributed by atoms with Crippen LogP contribution in [0, 0.1) is 11.3 Å². The fourth-order valence-corrected chi connectivity index (χ4v) is 4.58. The number of halogens is 2. The fraction of sp³-hybridized carbons (Fsp3) is 0.227. The molecular formula is C22H18Cl2N4O2S. The number of carbonyl (C=O) groups is 1. The smallest absolute Gasteiger partial charge is 0.234 e. The topological polar surface area (TPSA) is 82.2 Å². The lowest BCUT2D eigenvalue weighted by molar-refractivity contribution is -0.113. The van der Waals surface area contributed by atoms with Crippen LogP contribution in [0.15, 0.2) is 46.0 Å². The third-order valence-corrected chi connectivity index (χ3v) is 6.65. The van der Waals surface area contributed by atoms with Gasteiger partial charge in [-0.1, -0.05) is 35.0 Å². The highest BCUT2D eigenvalue weighted by Crippen LogP contribution is 2.37. The predicted molar refractivity (Wildman–Crippen MR) is 123 cm³/mol. The first-order valence-electron chi connectivity index (χ1n) is 9.52. The molecule has 0 aliphatic carbocycles. The minimum Gasteiger partial charge on any atom is -0.464 e. The van der Waals surface area contributed by atoms with Crippen molar-refractivity contribution in [3.8, 4) is 17.4 Å². The van der Waals surface area contributed by atoms with Gasteiger partial charge in [0.15, 0.2) is 0 Å². The molecule has 31 heavy (non-hydrogen) atoms. The minimum absolute atomic E-state index is 0.0954. The van der Waals surface area contributed by atoms with E-state index in [0.29, 0.717) is 38.6 Å². The lowest BCUT2D eigenvalue weighted by atomic mass is 9.95. The van der Waals surface area contributed by atoms with Crippen LogP contribution in [0.1, 0.15) is 16.8 Å². The zero-order chi connectivity index (χ0) is 22.0. The highest BCUT2D eigenvalue weighted by molar-refractivity contribution is 8.00. The van der Waals surface area contributed by atoms with Gasteiger partial charge in [-0.3, -0.25) is 4.79 Å². The maximum absolute atomic E-state index is 12.5. The molecule has 1 amide bonds.